The Morgan fingerprint density at radius 3 is 2.55 bits per heavy atom. The van der Waals surface area contributed by atoms with Crippen LogP contribution in [0.25, 0.3) is 10.8 Å². The number of aromatic nitrogens is 1. The van der Waals surface area contributed by atoms with E-state index in [1.807, 2.05) is 36.4 Å². The molecule has 4 heteroatoms. The van der Waals surface area contributed by atoms with Crippen molar-refractivity contribution in [1.82, 2.24) is 4.98 Å². The number of rotatable bonds is 3. The van der Waals surface area contributed by atoms with Crippen molar-refractivity contribution in [3.8, 4) is 17.5 Å². The van der Waals surface area contributed by atoms with E-state index in [4.69, 9.17) is 9.47 Å². The molecule has 0 radical (unpaired) electrons. The Morgan fingerprint density at radius 2 is 1.70 bits per heavy atom. The van der Waals surface area contributed by atoms with E-state index in [0.717, 1.165) is 21.0 Å². The summed E-state index contributed by atoms with van der Waals surface area (Å²) in [5, 5.41) is 2.26. The molecule has 0 saturated heterocycles. The molecule has 3 aromatic rings. The predicted molar refractivity (Wildman–Crippen MR) is 82.5 cm³/mol. The van der Waals surface area contributed by atoms with E-state index in [1.54, 1.807) is 19.2 Å². The van der Waals surface area contributed by atoms with Crippen molar-refractivity contribution in [2.75, 3.05) is 7.11 Å². The summed E-state index contributed by atoms with van der Waals surface area (Å²) >= 11 is 3.59. The molecule has 0 spiro atoms. The highest BCUT2D eigenvalue weighted by atomic mass is 79.9. The van der Waals surface area contributed by atoms with Crippen molar-refractivity contribution in [2.45, 2.75) is 0 Å². The lowest BCUT2D eigenvalue weighted by atomic mass is 10.1. The normalized spacial score (nSPS) is 10.5. The molecule has 0 bridgehead atoms. The third-order valence-electron chi connectivity index (χ3n) is 2.95. The van der Waals surface area contributed by atoms with E-state index in [1.165, 1.54) is 0 Å². The number of pyridine rings is 1. The fraction of sp³-hybridized carbons (Fsp3) is 0.0625. The largest absolute Gasteiger partial charge is 0.481 e. The maximum absolute atomic E-state index is 5.82. The van der Waals surface area contributed by atoms with Crippen LogP contribution in [0.15, 0.2) is 59.1 Å². The van der Waals surface area contributed by atoms with Gasteiger partial charge in [0.2, 0.25) is 11.8 Å². The van der Waals surface area contributed by atoms with Crippen LogP contribution >= 0.6 is 15.9 Å². The minimum absolute atomic E-state index is 0.500. The minimum Gasteiger partial charge on any atom is -0.481 e. The predicted octanol–water partition coefficient (Wildman–Crippen LogP) is 4.80. The van der Waals surface area contributed by atoms with E-state index >= 15 is 0 Å². The zero-order valence-electron chi connectivity index (χ0n) is 10.8. The van der Waals surface area contributed by atoms with Crippen LogP contribution in [0.2, 0.25) is 0 Å². The first kappa shape index (κ1) is 12.9. The Labute approximate surface area is 125 Å². The molecule has 0 aliphatic heterocycles. The van der Waals surface area contributed by atoms with Crippen molar-refractivity contribution in [1.29, 1.82) is 0 Å². The van der Waals surface area contributed by atoms with Crippen molar-refractivity contribution < 1.29 is 9.47 Å². The molecule has 3 nitrogen and oxygen atoms in total. The average molecular weight is 330 g/mol. The highest BCUT2D eigenvalue weighted by Crippen LogP contribution is 2.35. The number of nitrogens with zero attached hydrogens (tertiary/aromatic N) is 1. The fourth-order valence-corrected chi connectivity index (χ4v) is 2.55. The first-order valence-electron chi connectivity index (χ1n) is 6.14. The molecule has 0 aliphatic rings. The Balaban J connectivity index is 2.00. The summed E-state index contributed by atoms with van der Waals surface area (Å²) in [5.74, 6) is 1.75. The summed E-state index contributed by atoms with van der Waals surface area (Å²) in [6.45, 7) is 0. The van der Waals surface area contributed by atoms with Crippen LogP contribution < -0.4 is 9.47 Å². The van der Waals surface area contributed by atoms with Crippen LogP contribution in [0.1, 0.15) is 0 Å². The molecule has 1 aromatic heterocycles. The van der Waals surface area contributed by atoms with Crippen molar-refractivity contribution in [3.63, 3.8) is 0 Å². The van der Waals surface area contributed by atoms with Crippen LogP contribution in [0.4, 0.5) is 0 Å². The maximum Gasteiger partial charge on any atom is 0.222 e. The van der Waals surface area contributed by atoms with Crippen LogP contribution in [0, 0.1) is 0 Å². The Bertz CT molecular complexity index is 758. The molecule has 1 heterocycles. The molecule has 2 aromatic carbocycles. The Hall–Kier alpha value is -2.07. The van der Waals surface area contributed by atoms with Gasteiger partial charge in [-0.05, 0) is 32.8 Å². The van der Waals surface area contributed by atoms with Gasteiger partial charge in [-0.3, -0.25) is 0 Å². The summed E-state index contributed by atoms with van der Waals surface area (Å²) in [7, 11) is 1.58. The van der Waals surface area contributed by atoms with Crippen LogP contribution in [0.3, 0.4) is 0 Å². The van der Waals surface area contributed by atoms with Gasteiger partial charge in [0, 0.05) is 12.1 Å². The lowest BCUT2D eigenvalue weighted by Crippen LogP contribution is -1.92. The van der Waals surface area contributed by atoms with Crippen molar-refractivity contribution in [3.05, 3.63) is 59.1 Å². The van der Waals surface area contributed by atoms with E-state index in [-0.39, 0.29) is 0 Å². The topological polar surface area (TPSA) is 31.4 Å². The van der Waals surface area contributed by atoms with Gasteiger partial charge in [0.15, 0.2) is 0 Å². The third-order valence-corrected chi connectivity index (χ3v) is 3.77. The number of hydrogen-bond acceptors (Lipinski definition) is 3. The second-order valence-corrected chi connectivity index (χ2v) is 5.01. The molecule has 3 rings (SSSR count). The molecule has 20 heavy (non-hydrogen) atoms. The van der Waals surface area contributed by atoms with Gasteiger partial charge in [-0.1, -0.05) is 36.4 Å². The minimum atomic E-state index is 0.500. The van der Waals surface area contributed by atoms with Gasteiger partial charge in [-0.25, -0.2) is 0 Å². The number of methoxy groups -OCH3 is 1. The van der Waals surface area contributed by atoms with E-state index in [0.29, 0.717) is 11.8 Å². The van der Waals surface area contributed by atoms with Crippen molar-refractivity contribution in [2.24, 2.45) is 0 Å². The number of ether oxygens (including phenoxy) is 2. The molecule has 0 unspecified atom stereocenters. The summed E-state index contributed by atoms with van der Waals surface area (Å²) < 4.78 is 11.8. The van der Waals surface area contributed by atoms with E-state index in [2.05, 4.69) is 27.0 Å². The number of fused-ring (bicyclic) bond motifs is 1. The van der Waals surface area contributed by atoms with E-state index < -0.39 is 0 Å². The van der Waals surface area contributed by atoms with Crippen LogP contribution in [0.5, 0.6) is 17.5 Å². The zero-order valence-corrected chi connectivity index (χ0v) is 12.4. The van der Waals surface area contributed by atoms with Gasteiger partial charge >= 0.3 is 0 Å². The molecule has 100 valence electrons. The fourth-order valence-electron chi connectivity index (χ4n) is 1.97. The third kappa shape index (κ3) is 2.47. The van der Waals surface area contributed by atoms with Gasteiger partial charge in [-0.2, -0.15) is 4.98 Å². The van der Waals surface area contributed by atoms with Gasteiger partial charge in [0.25, 0.3) is 0 Å². The second-order valence-electron chi connectivity index (χ2n) is 4.22. The molecule has 0 fully saturated rings. The van der Waals surface area contributed by atoms with Crippen molar-refractivity contribution >= 4 is 26.7 Å². The standard InChI is InChI=1S/C16H12BrNO2/c1-19-14-7-4-8-15(18-14)20-13-10-9-11-5-2-3-6-12(11)16(13)17/h2-10H,1H3. The molecule has 0 atom stereocenters. The van der Waals surface area contributed by atoms with Gasteiger partial charge in [-0.15, -0.1) is 0 Å². The first-order chi connectivity index (χ1) is 9.78. The SMILES string of the molecule is COc1cccc(Oc2ccc3ccccc3c2Br)n1. The number of halogens is 1. The smallest absolute Gasteiger partial charge is 0.222 e. The van der Waals surface area contributed by atoms with Gasteiger partial charge in [0.05, 0.1) is 11.6 Å². The van der Waals surface area contributed by atoms with Crippen LogP contribution in [-0.2, 0) is 0 Å². The van der Waals surface area contributed by atoms with Crippen LogP contribution in [-0.4, -0.2) is 12.1 Å². The number of hydrogen-bond donors (Lipinski definition) is 0. The average Bonchev–Trinajstić information content (AvgIpc) is 2.50. The maximum atomic E-state index is 5.82. The summed E-state index contributed by atoms with van der Waals surface area (Å²) in [5.41, 5.74) is 0. The second kappa shape index (κ2) is 5.51. The quantitative estimate of drug-likeness (QED) is 0.691. The highest BCUT2D eigenvalue weighted by Gasteiger charge is 2.08. The lowest BCUT2D eigenvalue weighted by Gasteiger charge is -2.09. The Morgan fingerprint density at radius 1 is 0.900 bits per heavy atom. The van der Waals surface area contributed by atoms with E-state index in [9.17, 15) is 0 Å². The lowest BCUT2D eigenvalue weighted by molar-refractivity contribution is 0.383. The molecular formula is C16H12BrNO2. The zero-order chi connectivity index (χ0) is 13.9. The molecule has 0 amide bonds. The monoisotopic (exact) mass is 329 g/mol. The molecule has 0 aliphatic carbocycles. The molecule has 0 saturated carbocycles. The highest BCUT2D eigenvalue weighted by molar-refractivity contribution is 9.10. The first-order valence-corrected chi connectivity index (χ1v) is 6.93. The summed E-state index contributed by atoms with van der Waals surface area (Å²) in [4.78, 5) is 4.24. The summed E-state index contributed by atoms with van der Waals surface area (Å²) in [6.07, 6.45) is 0. The molecular weight excluding hydrogens is 318 g/mol. The van der Waals surface area contributed by atoms with Gasteiger partial charge in [0.1, 0.15) is 5.75 Å². The van der Waals surface area contributed by atoms with Gasteiger partial charge < -0.3 is 9.47 Å². The Kier molecular flexibility index (Phi) is 3.56. The molecule has 0 N–H and O–H groups in total. The number of benzene rings is 2. The summed E-state index contributed by atoms with van der Waals surface area (Å²) in [6, 6.07) is 17.5.